The third kappa shape index (κ3) is 3.71. The van der Waals surface area contributed by atoms with Gasteiger partial charge in [0.25, 0.3) is 5.91 Å². The average Bonchev–Trinajstić information content (AvgIpc) is 2.88. The van der Waals surface area contributed by atoms with E-state index < -0.39 is 0 Å². The molecule has 1 heterocycles. The lowest BCUT2D eigenvalue weighted by molar-refractivity contribution is 0.0945. The lowest BCUT2D eigenvalue weighted by Gasteiger charge is -2.17. The number of amides is 1. The van der Waals surface area contributed by atoms with Gasteiger partial charge in [-0.25, -0.2) is 0 Å². The molecule has 1 saturated carbocycles. The molecule has 4 nitrogen and oxygen atoms in total. The Balaban J connectivity index is 1.94. The van der Waals surface area contributed by atoms with Crippen molar-refractivity contribution in [2.75, 3.05) is 18.4 Å². The number of carbonyl (C=O) groups is 1. The van der Waals surface area contributed by atoms with E-state index in [9.17, 15) is 4.79 Å². The van der Waals surface area contributed by atoms with Crippen molar-refractivity contribution in [3.05, 3.63) is 24.0 Å². The van der Waals surface area contributed by atoms with Crippen LogP contribution in [0.2, 0.25) is 0 Å². The molecule has 0 spiro atoms. The fourth-order valence-corrected chi connectivity index (χ4v) is 2.84. The molecule has 1 aromatic rings. The van der Waals surface area contributed by atoms with Crippen LogP contribution in [0.4, 0.5) is 5.69 Å². The zero-order valence-electron chi connectivity index (χ0n) is 12.5. The molecule has 1 aliphatic rings. The van der Waals surface area contributed by atoms with E-state index in [1.807, 2.05) is 0 Å². The van der Waals surface area contributed by atoms with E-state index in [1.165, 1.54) is 19.3 Å². The fourth-order valence-electron chi connectivity index (χ4n) is 2.84. The van der Waals surface area contributed by atoms with Crippen molar-refractivity contribution in [2.45, 2.75) is 39.5 Å². The van der Waals surface area contributed by atoms with Crippen molar-refractivity contribution in [3.63, 3.8) is 0 Å². The van der Waals surface area contributed by atoms with Gasteiger partial charge in [-0.1, -0.05) is 26.7 Å². The highest BCUT2D eigenvalue weighted by Gasteiger charge is 2.24. The number of pyridine rings is 1. The molecular formula is C16H25N3O. The van der Waals surface area contributed by atoms with E-state index in [-0.39, 0.29) is 5.91 Å². The summed E-state index contributed by atoms with van der Waals surface area (Å²) in [6.45, 7) is 6.02. The zero-order valence-corrected chi connectivity index (χ0v) is 12.5. The number of rotatable bonds is 6. The predicted molar refractivity (Wildman–Crippen MR) is 81.9 cm³/mol. The lowest BCUT2D eigenvalue weighted by Crippen LogP contribution is -2.30. The molecule has 4 heteroatoms. The second-order valence-corrected chi connectivity index (χ2v) is 5.73. The number of hydrogen-bond donors (Lipinski definition) is 2. The summed E-state index contributed by atoms with van der Waals surface area (Å²) in [6.07, 6.45) is 8.24. The molecule has 0 radical (unpaired) electrons. The first-order valence-corrected chi connectivity index (χ1v) is 7.68. The summed E-state index contributed by atoms with van der Waals surface area (Å²) in [7, 11) is 0. The molecule has 2 unspecified atom stereocenters. The van der Waals surface area contributed by atoms with Crippen LogP contribution < -0.4 is 10.6 Å². The Kier molecular flexibility index (Phi) is 5.39. The van der Waals surface area contributed by atoms with Gasteiger partial charge in [-0.3, -0.25) is 9.78 Å². The van der Waals surface area contributed by atoms with Crippen LogP contribution in [0.15, 0.2) is 18.5 Å². The highest BCUT2D eigenvalue weighted by atomic mass is 16.1. The molecule has 0 bridgehead atoms. The number of nitrogens with zero attached hydrogens (tertiary/aromatic N) is 1. The molecule has 0 aliphatic heterocycles. The first-order valence-electron chi connectivity index (χ1n) is 7.68. The molecule has 110 valence electrons. The Bertz CT molecular complexity index is 447. The Hall–Kier alpha value is -1.58. The molecule has 1 aromatic heterocycles. The molecular weight excluding hydrogens is 250 g/mol. The van der Waals surface area contributed by atoms with Crippen LogP contribution in [0, 0.1) is 11.8 Å². The van der Waals surface area contributed by atoms with E-state index in [0.29, 0.717) is 11.5 Å². The van der Waals surface area contributed by atoms with Gasteiger partial charge in [-0.15, -0.1) is 0 Å². The van der Waals surface area contributed by atoms with Crippen molar-refractivity contribution in [3.8, 4) is 0 Å². The van der Waals surface area contributed by atoms with Crippen molar-refractivity contribution in [1.29, 1.82) is 0 Å². The number of aromatic nitrogens is 1. The summed E-state index contributed by atoms with van der Waals surface area (Å²) in [5.41, 5.74) is 1.52. The second kappa shape index (κ2) is 7.27. The maximum absolute atomic E-state index is 12.3. The molecule has 20 heavy (non-hydrogen) atoms. The zero-order chi connectivity index (χ0) is 14.4. The van der Waals surface area contributed by atoms with Gasteiger partial charge in [0.1, 0.15) is 0 Å². The van der Waals surface area contributed by atoms with Crippen LogP contribution >= 0.6 is 0 Å². The minimum Gasteiger partial charge on any atom is -0.383 e. The molecule has 1 fully saturated rings. The molecule has 2 N–H and O–H groups in total. The van der Waals surface area contributed by atoms with Gasteiger partial charge in [0.15, 0.2) is 0 Å². The van der Waals surface area contributed by atoms with Gasteiger partial charge in [-0.05, 0) is 30.7 Å². The predicted octanol–water partition coefficient (Wildman–Crippen LogP) is 3.07. The van der Waals surface area contributed by atoms with Gasteiger partial charge < -0.3 is 10.6 Å². The second-order valence-electron chi connectivity index (χ2n) is 5.73. The number of nitrogens with one attached hydrogen (secondary N) is 2. The van der Waals surface area contributed by atoms with Crippen molar-refractivity contribution >= 4 is 11.6 Å². The molecule has 1 aliphatic carbocycles. The lowest BCUT2D eigenvalue weighted by atomic mass is 9.98. The smallest absolute Gasteiger partial charge is 0.253 e. The van der Waals surface area contributed by atoms with Crippen LogP contribution in [0.25, 0.3) is 0 Å². The quantitative estimate of drug-likeness (QED) is 0.839. The van der Waals surface area contributed by atoms with Gasteiger partial charge in [-0.2, -0.15) is 0 Å². The van der Waals surface area contributed by atoms with Gasteiger partial charge in [0.05, 0.1) is 17.4 Å². The monoisotopic (exact) mass is 275 g/mol. The Morgan fingerprint density at radius 2 is 2.30 bits per heavy atom. The van der Waals surface area contributed by atoms with E-state index >= 15 is 0 Å². The van der Waals surface area contributed by atoms with E-state index in [4.69, 9.17) is 0 Å². The Labute approximate surface area is 121 Å². The summed E-state index contributed by atoms with van der Waals surface area (Å²) in [4.78, 5) is 16.4. The maximum atomic E-state index is 12.3. The van der Waals surface area contributed by atoms with Crippen LogP contribution in [-0.4, -0.2) is 24.0 Å². The maximum Gasteiger partial charge on any atom is 0.253 e. The highest BCUT2D eigenvalue weighted by Crippen LogP contribution is 2.30. The Morgan fingerprint density at radius 3 is 3.00 bits per heavy atom. The SMILES string of the molecule is CCCNc1cnccc1C(=O)NCC1CCCC1C. The first kappa shape index (κ1) is 14.8. The van der Waals surface area contributed by atoms with Gasteiger partial charge in [0, 0.05) is 19.3 Å². The first-order chi connectivity index (χ1) is 9.72. The summed E-state index contributed by atoms with van der Waals surface area (Å²) < 4.78 is 0. The number of hydrogen-bond acceptors (Lipinski definition) is 3. The third-order valence-electron chi connectivity index (χ3n) is 4.20. The van der Waals surface area contributed by atoms with E-state index in [0.717, 1.165) is 31.1 Å². The topological polar surface area (TPSA) is 54.0 Å². The minimum atomic E-state index is 0.00473. The van der Waals surface area contributed by atoms with Gasteiger partial charge >= 0.3 is 0 Å². The van der Waals surface area contributed by atoms with Crippen molar-refractivity contribution in [1.82, 2.24) is 10.3 Å². The summed E-state index contributed by atoms with van der Waals surface area (Å²) in [5, 5.41) is 6.34. The van der Waals surface area contributed by atoms with E-state index in [1.54, 1.807) is 18.5 Å². The van der Waals surface area contributed by atoms with Crippen molar-refractivity contribution in [2.24, 2.45) is 11.8 Å². The summed E-state index contributed by atoms with van der Waals surface area (Å²) in [5.74, 6) is 1.36. The molecule has 2 atom stereocenters. The molecule has 1 amide bonds. The highest BCUT2D eigenvalue weighted by molar-refractivity contribution is 5.99. The molecule has 2 rings (SSSR count). The van der Waals surface area contributed by atoms with Crippen LogP contribution in [0.1, 0.15) is 49.9 Å². The summed E-state index contributed by atoms with van der Waals surface area (Å²) >= 11 is 0. The van der Waals surface area contributed by atoms with Crippen LogP contribution in [-0.2, 0) is 0 Å². The minimum absolute atomic E-state index is 0.00473. The molecule has 0 saturated heterocycles. The normalized spacial score (nSPS) is 21.7. The van der Waals surface area contributed by atoms with Crippen LogP contribution in [0.3, 0.4) is 0 Å². The largest absolute Gasteiger partial charge is 0.383 e. The number of carbonyl (C=O) groups excluding carboxylic acids is 1. The fraction of sp³-hybridized carbons (Fsp3) is 0.625. The van der Waals surface area contributed by atoms with E-state index in [2.05, 4.69) is 29.5 Å². The molecule has 0 aromatic carbocycles. The summed E-state index contributed by atoms with van der Waals surface area (Å²) in [6, 6.07) is 1.78. The average molecular weight is 275 g/mol. The Morgan fingerprint density at radius 1 is 1.45 bits per heavy atom. The van der Waals surface area contributed by atoms with Crippen LogP contribution in [0.5, 0.6) is 0 Å². The standard InChI is InChI=1S/C16H25N3O/c1-3-8-18-15-11-17-9-7-14(15)16(20)19-10-13-6-4-5-12(13)2/h7,9,11-13,18H,3-6,8,10H2,1-2H3,(H,19,20). The number of anilines is 1. The third-order valence-corrected chi connectivity index (χ3v) is 4.20. The van der Waals surface area contributed by atoms with Crippen molar-refractivity contribution < 1.29 is 4.79 Å². The van der Waals surface area contributed by atoms with Gasteiger partial charge in [0.2, 0.25) is 0 Å².